The van der Waals surface area contributed by atoms with Crippen molar-refractivity contribution in [3.8, 4) is 6.07 Å². The van der Waals surface area contributed by atoms with Crippen molar-refractivity contribution in [2.24, 2.45) is 5.41 Å². The Morgan fingerprint density at radius 1 is 1.25 bits per heavy atom. The maximum atomic E-state index is 12.0. The van der Waals surface area contributed by atoms with E-state index < -0.39 is 0 Å². The predicted octanol–water partition coefficient (Wildman–Crippen LogP) is 2.43. The smallest absolute Gasteiger partial charge is 0.264 e. The van der Waals surface area contributed by atoms with Gasteiger partial charge in [-0.05, 0) is 31.7 Å². The van der Waals surface area contributed by atoms with Crippen LogP contribution in [0, 0.1) is 16.7 Å². The van der Waals surface area contributed by atoms with Crippen LogP contribution in [0.1, 0.15) is 40.5 Å². The van der Waals surface area contributed by atoms with E-state index in [9.17, 15) is 4.79 Å². The fraction of sp³-hybridized carbons (Fsp3) is 0.750. The highest BCUT2D eigenvalue weighted by Gasteiger charge is 2.23. The lowest BCUT2D eigenvalue weighted by Crippen LogP contribution is -2.49. The van der Waals surface area contributed by atoms with Crippen LogP contribution in [0.25, 0.3) is 0 Å². The molecule has 0 aromatic carbocycles. The Bertz CT molecular complexity index is 393. The number of rotatable bonds is 4. The van der Waals surface area contributed by atoms with Gasteiger partial charge in [0.15, 0.2) is 0 Å². The Balaban J connectivity index is 2.34. The van der Waals surface area contributed by atoms with Crippen molar-refractivity contribution in [2.75, 3.05) is 32.7 Å². The third-order valence-electron chi connectivity index (χ3n) is 3.70. The molecule has 4 nitrogen and oxygen atoms in total. The zero-order valence-electron chi connectivity index (χ0n) is 13.3. The van der Waals surface area contributed by atoms with Gasteiger partial charge in [0, 0.05) is 26.2 Å². The van der Waals surface area contributed by atoms with Crippen LogP contribution < -0.4 is 0 Å². The molecule has 0 atom stereocenters. The molecule has 1 heterocycles. The van der Waals surface area contributed by atoms with Crippen molar-refractivity contribution in [2.45, 2.75) is 40.5 Å². The zero-order chi connectivity index (χ0) is 15.2. The first kappa shape index (κ1) is 16.7. The first-order valence-corrected chi connectivity index (χ1v) is 7.45. The van der Waals surface area contributed by atoms with E-state index in [2.05, 4.69) is 25.7 Å². The van der Waals surface area contributed by atoms with Gasteiger partial charge in [-0.25, -0.2) is 0 Å². The predicted molar refractivity (Wildman–Crippen MR) is 81.1 cm³/mol. The highest BCUT2D eigenvalue weighted by Crippen LogP contribution is 2.20. The maximum Gasteiger partial charge on any atom is 0.264 e. The Labute approximate surface area is 123 Å². The van der Waals surface area contributed by atoms with Crippen LogP contribution in [0.2, 0.25) is 0 Å². The summed E-state index contributed by atoms with van der Waals surface area (Å²) in [5.74, 6) is -0.121. The highest BCUT2D eigenvalue weighted by molar-refractivity contribution is 5.97. The lowest BCUT2D eigenvalue weighted by atomic mass is 9.90. The standard InChI is InChI=1S/C16H27N3O/c1-5-14(13-17)15(20)19-11-9-18(10-12-19)8-6-7-16(2,3)4/h5H,6-12H2,1-4H3/b14-5+. The minimum atomic E-state index is -0.121. The number of hydrogen-bond donors (Lipinski definition) is 0. The van der Waals surface area contributed by atoms with Gasteiger partial charge in [-0.3, -0.25) is 9.69 Å². The molecule has 0 radical (unpaired) electrons. The molecule has 1 saturated heterocycles. The third-order valence-corrected chi connectivity index (χ3v) is 3.70. The van der Waals surface area contributed by atoms with Gasteiger partial charge in [0.1, 0.15) is 11.6 Å². The number of carbonyl (C=O) groups is 1. The summed E-state index contributed by atoms with van der Waals surface area (Å²) in [7, 11) is 0. The van der Waals surface area contributed by atoms with Gasteiger partial charge in [-0.2, -0.15) is 5.26 Å². The van der Waals surface area contributed by atoms with E-state index in [0.29, 0.717) is 5.41 Å². The summed E-state index contributed by atoms with van der Waals surface area (Å²) in [5, 5.41) is 8.90. The van der Waals surface area contributed by atoms with Crippen LogP contribution in [0.5, 0.6) is 0 Å². The molecule has 1 aliphatic rings. The molecule has 0 aliphatic carbocycles. The molecule has 1 fully saturated rings. The second kappa shape index (κ2) is 7.44. The minimum Gasteiger partial charge on any atom is -0.335 e. The average molecular weight is 277 g/mol. The molecule has 1 aliphatic heterocycles. The van der Waals surface area contributed by atoms with E-state index in [-0.39, 0.29) is 11.5 Å². The summed E-state index contributed by atoms with van der Waals surface area (Å²) in [6.45, 7) is 12.9. The molecule has 4 heteroatoms. The highest BCUT2D eigenvalue weighted by atomic mass is 16.2. The maximum absolute atomic E-state index is 12.0. The molecule has 0 saturated carbocycles. The number of nitrogens with zero attached hydrogens (tertiary/aromatic N) is 3. The number of carbonyl (C=O) groups excluding carboxylic acids is 1. The van der Waals surface area contributed by atoms with E-state index in [0.717, 1.165) is 32.7 Å². The van der Waals surface area contributed by atoms with Crippen LogP contribution in [0.3, 0.4) is 0 Å². The molecular weight excluding hydrogens is 250 g/mol. The van der Waals surface area contributed by atoms with Crippen LogP contribution in [0.4, 0.5) is 0 Å². The van der Waals surface area contributed by atoms with Crippen LogP contribution in [0.15, 0.2) is 11.6 Å². The molecule has 0 N–H and O–H groups in total. The van der Waals surface area contributed by atoms with E-state index in [4.69, 9.17) is 5.26 Å². The number of allylic oxidation sites excluding steroid dienone is 1. The van der Waals surface area contributed by atoms with Crippen molar-refractivity contribution in [1.29, 1.82) is 5.26 Å². The fourth-order valence-electron chi connectivity index (χ4n) is 2.41. The fourth-order valence-corrected chi connectivity index (χ4v) is 2.41. The van der Waals surface area contributed by atoms with E-state index in [1.165, 1.54) is 12.8 Å². The van der Waals surface area contributed by atoms with Gasteiger partial charge >= 0.3 is 0 Å². The largest absolute Gasteiger partial charge is 0.335 e. The topological polar surface area (TPSA) is 47.3 Å². The lowest BCUT2D eigenvalue weighted by molar-refractivity contribution is -0.128. The average Bonchev–Trinajstić information content (AvgIpc) is 2.39. The van der Waals surface area contributed by atoms with Crippen molar-refractivity contribution < 1.29 is 4.79 Å². The molecule has 0 aromatic heterocycles. The molecule has 112 valence electrons. The van der Waals surface area contributed by atoms with E-state index >= 15 is 0 Å². The molecule has 0 aromatic rings. The summed E-state index contributed by atoms with van der Waals surface area (Å²) in [5.41, 5.74) is 0.650. The summed E-state index contributed by atoms with van der Waals surface area (Å²) >= 11 is 0. The van der Waals surface area contributed by atoms with Gasteiger partial charge in [-0.1, -0.05) is 26.8 Å². The van der Waals surface area contributed by atoms with Gasteiger partial charge in [0.25, 0.3) is 5.91 Å². The summed E-state index contributed by atoms with van der Waals surface area (Å²) in [6.07, 6.45) is 4.02. The van der Waals surface area contributed by atoms with Crippen LogP contribution in [-0.4, -0.2) is 48.4 Å². The van der Waals surface area contributed by atoms with Gasteiger partial charge < -0.3 is 4.90 Å². The number of hydrogen-bond acceptors (Lipinski definition) is 3. The van der Waals surface area contributed by atoms with Crippen molar-refractivity contribution in [3.05, 3.63) is 11.6 Å². The number of amides is 1. The Morgan fingerprint density at radius 2 is 1.85 bits per heavy atom. The Hall–Kier alpha value is -1.34. The van der Waals surface area contributed by atoms with Crippen LogP contribution >= 0.6 is 0 Å². The summed E-state index contributed by atoms with van der Waals surface area (Å²) in [4.78, 5) is 16.2. The summed E-state index contributed by atoms with van der Waals surface area (Å²) < 4.78 is 0. The molecule has 20 heavy (non-hydrogen) atoms. The number of nitriles is 1. The normalized spacial score (nSPS) is 17.9. The second-order valence-corrected chi connectivity index (χ2v) is 6.61. The number of piperazine rings is 1. The quantitative estimate of drug-likeness (QED) is 0.585. The van der Waals surface area contributed by atoms with Crippen molar-refractivity contribution in [3.63, 3.8) is 0 Å². The monoisotopic (exact) mass is 277 g/mol. The second-order valence-electron chi connectivity index (χ2n) is 6.61. The Kier molecular flexibility index (Phi) is 6.22. The van der Waals surface area contributed by atoms with Gasteiger partial charge in [-0.15, -0.1) is 0 Å². The molecule has 1 rings (SSSR count). The molecule has 1 amide bonds. The molecule has 0 spiro atoms. The third kappa shape index (κ3) is 5.34. The SMILES string of the molecule is C/C=C(\C#N)C(=O)N1CCN(CCCC(C)(C)C)CC1. The van der Waals surface area contributed by atoms with E-state index in [1.54, 1.807) is 17.9 Å². The molecule has 0 unspecified atom stereocenters. The van der Waals surface area contributed by atoms with E-state index in [1.807, 2.05) is 6.07 Å². The summed E-state index contributed by atoms with van der Waals surface area (Å²) in [6, 6.07) is 1.97. The zero-order valence-corrected chi connectivity index (χ0v) is 13.3. The Morgan fingerprint density at radius 3 is 2.30 bits per heavy atom. The van der Waals surface area contributed by atoms with Crippen LogP contribution in [-0.2, 0) is 4.79 Å². The first-order chi connectivity index (χ1) is 9.37. The minimum absolute atomic E-state index is 0.121. The van der Waals surface area contributed by atoms with Crippen molar-refractivity contribution in [1.82, 2.24) is 9.80 Å². The molecular formula is C16H27N3O. The van der Waals surface area contributed by atoms with Gasteiger partial charge in [0.05, 0.1) is 0 Å². The lowest BCUT2D eigenvalue weighted by Gasteiger charge is -2.35. The molecule has 0 bridgehead atoms. The van der Waals surface area contributed by atoms with Gasteiger partial charge in [0.2, 0.25) is 0 Å². The van der Waals surface area contributed by atoms with Crippen molar-refractivity contribution >= 4 is 5.91 Å². The first-order valence-electron chi connectivity index (χ1n) is 7.45.